The van der Waals surface area contributed by atoms with Gasteiger partial charge in [0.1, 0.15) is 10.4 Å². The summed E-state index contributed by atoms with van der Waals surface area (Å²) in [7, 11) is 3.30. The molecule has 4 nitrogen and oxygen atoms in total. The molecule has 0 atom stereocenters. The minimum absolute atomic E-state index is 0.521. The van der Waals surface area contributed by atoms with Crippen LogP contribution in [-0.2, 0) is 11.3 Å². The molecule has 1 heterocycles. The fourth-order valence-corrected chi connectivity index (χ4v) is 1.89. The van der Waals surface area contributed by atoms with E-state index in [1.807, 2.05) is 35.0 Å². The Hall–Kier alpha value is -1.59. The van der Waals surface area contributed by atoms with Crippen LogP contribution in [0.3, 0.4) is 0 Å². The van der Waals surface area contributed by atoms with Crippen LogP contribution in [0, 0.1) is 4.64 Å². The molecule has 1 aromatic heterocycles. The summed E-state index contributed by atoms with van der Waals surface area (Å²) in [5.41, 5.74) is 1.92. The van der Waals surface area contributed by atoms with Gasteiger partial charge < -0.3 is 9.47 Å². The lowest BCUT2D eigenvalue weighted by molar-refractivity contribution is 0.181. The number of ether oxygens (including phenoxy) is 2. The summed E-state index contributed by atoms with van der Waals surface area (Å²) in [5.74, 6) is 0.823. The molecule has 1 N–H and O–H groups in total. The predicted octanol–water partition coefficient (Wildman–Crippen LogP) is 2.69. The van der Waals surface area contributed by atoms with E-state index in [0.29, 0.717) is 6.61 Å². The third kappa shape index (κ3) is 2.57. The predicted molar refractivity (Wildman–Crippen MR) is 68.2 cm³/mol. The van der Waals surface area contributed by atoms with Crippen molar-refractivity contribution in [3.05, 3.63) is 40.7 Å². The molecule has 0 aliphatic heterocycles. The zero-order valence-corrected chi connectivity index (χ0v) is 10.6. The number of rotatable bonds is 4. The summed E-state index contributed by atoms with van der Waals surface area (Å²) in [4.78, 5) is 0. The second kappa shape index (κ2) is 5.16. The fourth-order valence-electron chi connectivity index (χ4n) is 1.60. The van der Waals surface area contributed by atoms with E-state index in [1.54, 1.807) is 14.2 Å². The maximum Gasteiger partial charge on any atom is 0.128 e. The average molecular weight is 250 g/mol. The molecule has 0 radical (unpaired) electrons. The van der Waals surface area contributed by atoms with Gasteiger partial charge in [0.05, 0.1) is 25.1 Å². The minimum atomic E-state index is 0.521. The molecule has 0 aliphatic rings. The van der Waals surface area contributed by atoms with Crippen molar-refractivity contribution in [2.24, 2.45) is 0 Å². The van der Waals surface area contributed by atoms with E-state index in [0.717, 1.165) is 21.8 Å². The van der Waals surface area contributed by atoms with Crippen molar-refractivity contribution in [3.63, 3.8) is 0 Å². The van der Waals surface area contributed by atoms with Crippen molar-refractivity contribution < 1.29 is 9.47 Å². The second-order valence-corrected chi connectivity index (χ2v) is 4.00. The number of nitrogens with zero attached hydrogens (tertiary/aromatic N) is 1. The first-order valence-corrected chi connectivity index (χ1v) is 5.59. The van der Waals surface area contributed by atoms with Crippen molar-refractivity contribution in [2.45, 2.75) is 6.61 Å². The lowest BCUT2D eigenvalue weighted by Gasteiger charge is -2.04. The average Bonchev–Trinajstić information content (AvgIpc) is 2.71. The summed E-state index contributed by atoms with van der Waals surface area (Å²) < 4.78 is 12.7. The van der Waals surface area contributed by atoms with Gasteiger partial charge >= 0.3 is 0 Å². The molecule has 0 aliphatic carbocycles. The van der Waals surface area contributed by atoms with Crippen molar-refractivity contribution in [1.29, 1.82) is 0 Å². The molecular formula is C12H14N2O2S. The van der Waals surface area contributed by atoms with Crippen LogP contribution in [0.1, 0.15) is 5.69 Å². The number of methoxy groups -OCH3 is 2. The Balaban J connectivity index is 2.35. The van der Waals surface area contributed by atoms with Crippen molar-refractivity contribution in [3.8, 4) is 11.4 Å². The number of aromatic amines is 1. The van der Waals surface area contributed by atoms with E-state index < -0.39 is 0 Å². The quantitative estimate of drug-likeness (QED) is 0.848. The Morgan fingerprint density at radius 1 is 1.24 bits per heavy atom. The van der Waals surface area contributed by atoms with Crippen LogP contribution in [0.4, 0.5) is 0 Å². The normalized spacial score (nSPS) is 10.5. The smallest absolute Gasteiger partial charge is 0.128 e. The highest BCUT2D eigenvalue weighted by Crippen LogP contribution is 2.15. The highest BCUT2D eigenvalue weighted by Gasteiger charge is 2.02. The van der Waals surface area contributed by atoms with Gasteiger partial charge in [-0.1, -0.05) is 12.2 Å². The molecule has 0 spiro atoms. The Morgan fingerprint density at radius 3 is 2.53 bits per heavy atom. The van der Waals surface area contributed by atoms with Crippen LogP contribution in [0.15, 0.2) is 30.3 Å². The third-order valence-corrected chi connectivity index (χ3v) is 2.70. The monoisotopic (exact) mass is 250 g/mol. The molecule has 0 saturated heterocycles. The van der Waals surface area contributed by atoms with Gasteiger partial charge in [0.15, 0.2) is 0 Å². The molecule has 5 heteroatoms. The highest BCUT2D eigenvalue weighted by molar-refractivity contribution is 7.71. The van der Waals surface area contributed by atoms with Gasteiger partial charge in [0, 0.05) is 7.11 Å². The SMILES string of the molecule is COCc1cc(=S)n(-c2ccc(OC)cc2)[nH]1. The van der Waals surface area contributed by atoms with Crippen LogP contribution in [0.2, 0.25) is 0 Å². The van der Waals surface area contributed by atoms with Crippen LogP contribution >= 0.6 is 12.2 Å². The number of hydrogen-bond acceptors (Lipinski definition) is 3. The fraction of sp³-hybridized carbons (Fsp3) is 0.250. The zero-order valence-electron chi connectivity index (χ0n) is 9.77. The number of nitrogens with one attached hydrogen (secondary N) is 1. The van der Waals surface area contributed by atoms with Crippen molar-refractivity contribution in [2.75, 3.05) is 14.2 Å². The summed E-state index contributed by atoms with van der Waals surface area (Å²) in [6.07, 6.45) is 0. The maximum absolute atomic E-state index is 5.28. The van der Waals surface area contributed by atoms with E-state index in [9.17, 15) is 0 Å². The molecule has 17 heavy (non-hydrogen) atoms. The number of benzene rings is 1. The Bertz CT molecular complexity index is 542. The molecular weight excluding hydrogens is 236 g/mol. The number of H-pyrrole nitrogens is 1. The van der Waals surface area contributed by atoms with Gasteiger partial charge in [-0.15, -0.1) is 0 Å². The highest BCUT2D eigenvalue weighted by atomic mass is 32.1. The molecule has 0 fully saturated rings. The molecule has 0 amide bonds. The standard InChI is InChI=1S/C12H14N2O2S/c1-15-8-9-7-12(17)14(13-9)10-3-5-11(16-2)6-4-10/h3-7,13H,8H2,1-2H3. The maximum atomic E-state index is 5.28. The summed E-state index contributed by atoms with van der Waals surface area (Å²) in [6, 6.07) is 9.58. The Morgan fingerprint density at radius 2 is 1.94 bits per heavy atom. The van der Waals surface area contributed by atoms with Gasteiger partial charge in [0.25, 0.3) is 0 Å². The van der Waals surface area contributed by atoms with Crippen LogP contribution in [0.5, 0.6) is 5.75 Å². The van der Waals surface area contributed by atoms with Gasteiger partial charge in [-0.05, 0) is 30.3 Å². The van der Waals surface area contributed by atoms with E-state index >= 15 is 0 Å². The summed E-state index contributed by atoms with van der Waals surface area (Å²) in [5, 5.41) is 3.18. The third-order valence-electron chi connectivity index (χ3n) is 2.40. The van der Waals surface area contributed by atoms with Gasteiger partial charge in [-0.25, -0.2) is 4.68 Å². The zero-order chi connectivity index (χ0) is 12.3. The van der Waals surface area contributed by atoms with Gasteiger partial charge in [-0.3, -0.25) is 5.10 Å². The van der Waals surface area contributed by atoms with E-state index in [1.165, 1.54) is 0 Å². The lowest BCUT2D eigenvalue weighted by atomic mass is 10.3. The van der Waals surface area contributed by atoms with Crippen LogP contribution < -0.4 is 4.74 Å². The van der Waals surface area contributed by atoms with E-state index in [4.69, 9.17) is 21.7 Å². The lowest BCUT2D eigenvalue weighted by Crippen LogP contribution is -1.98. The van der Waals surface area contributed by atoms with E-state index in [2.05, 4.69) is 5.10 Å². The van der Waals surface area contributed by atoms with Crippen LogP contribution in [-0.4, -0.2) is 24.0 Å². The first-order chi connectivity index (χ1) is 8.24. The molecule has 1 aromatic carbocycles. The molecule has 0 bridgehead atoms. The topological polar surface area (TPSA) is 39.2 Å². The number of hydrogen-bond donors (Lipinski definition) is 1. The van der Waals surface area contributed by atoms with Gasteiger partial charge in [-0.2, -0.15) is 0 Å². The molecule has 90 valence electrons. The Labute approximate surface area is 105 Å². The van der Waals surface area contributed by atoms with Crippen LogP contribution in [0.25, 0.3) is 5.69 Å². The van der Waals surface area contributed by atoms with Crippen molar-refractivity contribution in [1.82, 2.24) is 9.78 Å². The van der Waals surface area contributed by atoms with Gasteiger partial charge in [0.2, 0.25) is 0 Å². The second-order valence-electron chi connectivity index (χ2n) is 3.59. The largest absolute Gasteiger partial charge is 0.497 e. The Kier molecular flexibility index (Phi) is 3.61. The molecule has 2 rings (SSSR count). The first-order valence-electron chi connectivity index (χ1n) is 5.19. The number of aromatic nitrogens is 2. The molecule has 0 saturated carbocycles. The van der Waals surface area contributed by atoms with E-state index in [-0.39, 0.29) is 0 Å². The minimum Gasteiger partial charge on any atom is -0.497 e. The molecule has 2 aromatic rings. The summed E-state index contributed by atoms with van der Waals surface area (Å²) >= 11 is 5.28. The van der Waals surface area contributed by atoms with Crippen molar-refractivity contribution >= 4 is 12.2 Å². The first kappa shape index (κ1) is 11.9. The summed E-state index contributed by atoms with van der Waals surface area (Å²) in [6.45, 7) is 0.521. The molecule has 0 unspecified atom stereocenters.